The summed E-state index contributed by atoms with van der Waals surface area (Å²) in [5.41, 5.74) is 1.67. The molecule has 0 unspecified atom stereocenters. The lowest BCUT2D eigenvalue weighted by molar-refractivity contribution is 0.0950. The summed E-state index contributed by atoms with van der Waals surface area (Å²) in [7, 11) is 3.25. The quantitative estimate of drug-likeness (QED) is 0.582. The van der Waals surface area contributed by atoms with E-state index in [9.17, 15) is 4.79 Å². The normalized spacial score (nSPS) is 10.4. The third-order valence-electron chi connectivity index (χ3n) is 4.06. The lowest BCUT2D eigenvalue weighted by Crippen LogP contribution is -2.27. The molecule has 1 N–H and O–H groups in total. The Balaban J connectivity index is 1.54. The van der Waals surface area contributed by atoms with Crippen molar-refractivity contribution in [3.63, 3.8) is 0 Å². The number of ether oxygens (including phenoxy) is 3. The van der Waals surface area contributed by atoms with E-state index in [0.717, 1.165) is 27.8 Å². The molecule has 2 aromatic carbocycles. The van der Waals surface area contributed by atoms with Crippen LogP contribution in [0.2, 0.25) is 0 Å². The highest BCUT2D eigenvalue weighted by molar-refractivity contribution is 7.17. The van der Waals surface area contributed by atoms with Gasteiger partial charge in [-0.2, -0.15) is 0 Å². The number of carbonyl (C=O) groups is 1. The van der Waals surface area contributed by atoms with Crippen LogP contribution in [0.4, 0.5) is 0 Å². The number of rotatable bonds is 8. The van der Waals surface area contributed by atoms with E-state index in [-0.39, 0.29) is 5.91 Å². The zero-order valence-corrected chi connectivity index (χ0v) is 16.8. The number of carbonyl (C=O) groups excluding carboxylic acids is 1. The minimum Gasteiger partial charge on any atom is -0.497 e. The molecule has 0 aliphatic heterocycles. The zero-order valence-electron chi connectivity index (χ0n) is 16.0. The average Bonchev–Trinajstić information content (AvgIpc) is 3.13. The molecule has 0 saturated carbocycles. The van der Waals surface area contributed by atoms with Gasteiger partial charge in [-0.1, -0.05) is 0 Å². The number of hydrogen-bond donors (Lipinski definition) is 1. The molecule has 1 heterocycles. The largest absolute Gasteiger partial charge is 0.497 e. The minimum absolute atomic E-state index is 0.145. The van der Waals surface area contributed by atoms with Gasteiger partial charge in [-0.3, -0.25) is 4.79 Å². The maximum Gasteiger partial charge on any atom is 0.263 e. The lowest BCUT2D eigenvalue weighted by Gasteiger charge is -2.08. The van der Waals surface area contributed by atoms with Crippen LogP contribution in [-0.2, 0) is 0 Å². The van der Waals surface area contributed by atoms with Crippen molar-refractivity contribution in [1.82, 2.24) is 10.3 Å². The van der Waals surface area contributed by atoms with Crippen LogP contribution in [0.1, 0.15) is 15.4 Å². The van der Waals surface area contributed by atoms with Gasteiger partial charge in [-0.25, -0.2) is 4.98 Å². The van der Waals surface area contributed by atoms with Crippen molar-refractivity contribution in [3.8, 4) is 27.8 Å². The average molecular weight is 398 g/mol. The van der Waals surface area contributed by atoms with E-state index in [2.05, 4.69) is 10.3 Å². The van der Waals surface area contributed by atoms with Gasteiger partial charge >= 0.3 is 0 Å². The molecule has 3 rings (SSSR count). The Morgan fingerprint density at radius 2 is 1.54 bits per heavy atom. The third-order valence-corrected chi connectivity index (χ3v) is 5.26. The Morgan fingerprint density at radius 1 is 0.964 bits per heavy atom. The fraction of sp³-hybridized carbons (Fsp3) is 0.238. The van der Waals surface area contributed by atoms with Gasteiger partial charge in [0, 0.05) is 5.56 Å². The highest BCUT2D eigenvalue weighted by atomic mass is 32.1. The molecule has 6 nitrogen and oxygen atoms in total. The number of aryl methyl sites for hydroxylation is 1. The lowest BCUT2D eigenvalue weighted by atomic mass is 10.2. The van der Waals surface area contributed by atoms with Crippen LogP contribution in [0.3, 0.4) is 0 Å². The first kappa shape index (κ1) is 19.7. The van der Waals surface area contributed by atoms with E-state index in [1.165, 1.54) is 11.3 Å². The molecular weight excluding hydrogens is 376 g/mol. The van der Waals surface area contributed by atoms with E-state index >= 15 is 0 Å². The number of aromatic nitrogens is 1. The van der Waals surface area contributed by atoms with Gasteiger partial charge in [0.25, 0.3) is 5.91 Å². The van der Waals surface area contributed by atoms with Crippen LogP contribution >= 0.6 is 11.3 Å². The van der Waals surface area contributed by atoms with Crippen LogP contribution < -0.4 is 19.5 Å². The van der Waals surface area contributed by atoms with E-state index < -0.39 is 0 Å². The zero-order chi connectivity index (χ0) is 19.9. The van der Waals surface area contributed by atoms with E-state index in [1.807, 2.05) is 55.5 Å². The van der Waals surface area contributed by atoms with Gasteiger partial charge in [0.2, 0.25) is 0 Å². The third kappa shape index (κ3) is 4.80. The molecule has 1 aromatic heterocycles. The highest BCUT2D eigenvalue weighted by Crippen LogP contribution is 2.29. The monoisotopic (exact) mass is 398 g/mol. The molecule has 0 saturated heterocycles. The number of nitrogens with zero attached hydrogens (tertiary/aromatic N) is 1. The van der Waals surface area contributed by atoms with Gasteiger partial charge in [0.05, 0.1) is 26.5 Å². The summed E-state index contributed by atoms with van der Waals surface area (Å²) in [5, 5.41) is 3.68. The first-order chi connectivity index (χ1) is 13.6. The van der Waals surface area contributed by atoms with Crippen molar-refractivity contribution in [2.24, 2.45) is 0 Å². The van der Waals surface area contributed by atoms with Crippen LogP contribution in [-0.4, -0.2) is 38.3 Å². The maximum atomic E-state index is 12.5. The van der Waals surface area contributed by atoms with Crippen molar-refractivity contribution in [2.45, 2.75) is 6.92 Å². The molecule has 0 radical (unpaired) electrons. The number of thiazole rings is 1. The molecule has 0 bridgehead atoms. The Kier molecular flexibility index (Phi) is 6.49. The van der Waals surface area contributed by atoms with E-state index in [0.29, 0.717) is 23.7 Å². The van der Waals surface area contributed by atoms with Gasteiger partial charge in [-0.05, 0) is 55.5 Å². The molecule has 146 valence electrons. The smallest absolute Gasteiger partial charge is 0.263 e. The number of amides is 1. The minimum atomic E-state index is -0.145. The summed E-state index contributed by atoms with van der Waals surface area (Å²) in [4.78, 5) is 17.6. The summed E-state index contributed by atoms with van der Waals surface area (Å²) in [6.07, 6.45) is 0. The summed E-state index contributed by atoms with van der Waals surface area (Å²) in [6.45, 7) is 2.62. The predicted octanol–water partition coefficient (Wildman–Crippen LogP) is 3.94. The van der Waals surface area contributed by atoms with E-state index in [4.69, 9.17) is 14.2 Å². The number of benzene rings is 2. The van der Waals surface area contributed by atoms with Gasteiger partial charge in [-0.15, -0.1) is 11.3 Å². The van der Waals surface area contributed by atoms with Crippen molar-refractivity contribution < 1.29 is 19.0 Å². The van der Waals surface area contributed by atoms with Crippen LogP contribution in [0, 0.1) is 6.92 Å². The van der Waals surface area contributed by atoms with Gasteiger partial charge in [0.1, 0.15) is 33.7 Å². The Labute approximate surface area is 168 Å². The summed E-state index contributed by atoms with van der Waals surface area (Å²) in [5.74, 6) is 2.14. The van der Waals surface area contributed by atoms with Crippen molar-refractivity contribution in [2.75, 3.05) is 27.4 Å². The highest BCUT2D eigenvalue weighted by Gasteiger charge is 2.16. The van der Waals surface area contributed by atoms with E-state index in [1.54, 1.807) is 14.2 Å². The molecule has 7 heteroatoms. The van der Waals surface area contributed by atoms with Crippen molar-refractivity contribution >= 4 is 17.2 Å². The summed E-state index contributed by atoms with van der Waals surface area (Å²) in [6, 6.07) is 14.9. The predicted molar refractivity (Wildman–Crippen MR) is 110 cm³/mol. The Bertz CT molecular complexity index is 921. The fourth-order valence-electron chi connectivity index (χ4n) is 2.55. The van der Waals surface area contributed by atoms with Gasteiger partial charge < -0.3 is 19.5 Å². The molecule has 0 aliphatic carbocycles. The van der Waals surface area contributed by atoms with Crippen LogP contribution in [0.15, 0.2) is 48.5 Å². The molecule has 0 aliphatic rings. The number of hydrogen-bond acceptors (Lipinski definition) is 6. The molecule has 3 aromatic rings. The molecule has 0 atom stereocenters. The summed E-state index contributed by atoms with van der Waals surface area (Å²) < 4.78 is 15.9. The first-order valence-corrected chi connectivity index (χ1v) is 9.59. The first-order valence-electron chi connectivity index (χ1n) is 8.77. The molecular formula is C21H22N2O4S. The van der Waals surface area contributed by atoms with Gasteiger partial charge in [0.15, 0.2) is 0 Å². The number of nitrogens with one attached hydrogen (secondary N) is 1. The summed E-state index contributed by atoms with van der Waals surface area (Å²) >= 11 is 1.37. The second kappa shape index (κ2) is 9.23. The molecule has 1 amide bonds. The van der Waals surface area contributed by atoms with Crippen molar-refractivity contribution in [1.29, 1.82) is 0 Å². The molecule has 28 heavy (non-hydrogen) atoms. The molecule has 0 fully saturated rings. The fourth-order valence-corrected chi connectivity index (χ4v) is 3.54. The van der Waals surface area contributed by atoms with Crippen molar-refractivity contribution in [3.05, 3.63) is 59.1 Å². The number of methoxy groups -OCH3 is 2. The second-order valence-corrected chi connectivity index (χ2v) is 6.94. The Morgan fingerprint density at radius 3 is 2.14 bits per heavy atom. The SMILES string of the molecule is COc1ccc(OCCNC(=O)c2sc(-c3ccc(OC)cc3)nc2C)cc1. The standard InChI is InChI=1S/C21H22N2O4S/c1-14-19(28-21(23-14)15-4-6-16(25-2)7-5-15)20(24)22-12-13-27-18-10-8-17(26-3)9-11-18/h4-11H,12-13H2,1-3H3,(H,22,24). The molecule has 0 spiro atoms. The Hall–Kier alpha value is -3.06. The van der Waals surface area contributed by atoms with Crippen LogP contribution in [0.25, 0.3) is 10.6 Å². The maximum absolute atomic E-state index is 12.5. The van der Waals surface area contributed by atoms with Crippen LogP contribution in [0.5, 0.6) is 17.2 Å². The topological polar surface area (TPSA) is 69.7 Å². The second-order valence-electron chi connectivity index (χ2n) is 5.94.